The predicted octanol–water partition coefficient (Wildman–Crippen LogP) is 3.08. The Morgan fingerprint density at radius 3 is 2.38 bits per heavy atom. The van der Waals surface area contributed by atoms with Gasteiger partial charge < -0.3 is 15.5 Å². The number of benzene rings is 2. The second kappa shape index (κ2) is 10.1. The van der Waals surface area contributed by atoms with Gasteiger partial charge in [-0.05, 0) is 80.7 Å². The first kappa shape index (κ1) is 26.8. The van der Waals surface area contributed by atoms with E-state index < -0.39 is 23.7 Å². The Morgan fingerprint density at radius 1 is 1.10 bits per heavy atom. The molecule has 5 rings (SSSR count). The summed E-state index contributed by atoms with van der Waals surface area (Å²) in [6.07, 6.45) is 1.86. The van der Waals surface area contributed by atoms with Crippen LogP contribution in [0.25, 0.3) is 11.0 Å². The quantitative estimate of drug-likeness (QED) is 0.509. The lowest BCUT2D eigenvalue weighted by Crippen LogP contribution is -2.67. The topological polar surface area (TPSA) is 109 Å². The normalized spacial score (nSPS) is 20.8. The van der Waals surface area contributed by atoms with Crippen LogP contribution in [0.3, 0.4) is 0 Å². The Labute approximate surface area is 229 Å². The molecule has 2 aliphatic rings. The van der Waals surface area contributed by atoms with Crippen molar-refractivity contribution < 1.29 is 14.4 Å². The standard InChI is InChI=1S/C30H38N6O3/c1-17(2)13-24-27(37)31-25(21-14-18-9-7-8-10-19(18)15-21)29(39)36(24)26(28(38)32-30(3,4)5)20-11-12-23-22(16-20)33-34-35(23)6/h7-12,16-17,21,24-26H,13-15H2,1-6H3,(H,31,37)(H,32,38)/t24-,25?,26-/m1/s1. The molecule has 9 heteroatoms. The molecule has 2 heterocycles. The molecule has 39 heavy (non-hydrogen) atoms. The van der Waals surface area contributed by atoms with Gasteiger partial charge in [-0.1, -0.05) is 49.4 Å². The van der Waals surface area contributed by atoms with Crippen molar-refractivity contribution in [3.8, 4) is 0 Å². The third-order valence-electron chi connectivity index (χ3n) is 7.68. The van der Waals surface area contributed by atoms with Crippen LogP contribution in [0.1, 0.15) is 63.8 Å². The number of fused-ring (bicyclic) bond motifs is 2. The average Bonchev–Trinajstić information content (AvgIpc) is 3.45. The molecule has 3 atom stereocenters. The van der Waals surface area contributed by atoms with Crippen molar-refractivity contribution in [2.24, 2.45) is 18.9 Å². The van der Waals surface area contributed by atoms with E-state index in [1.165, 1.54) is 11.1 Å². The predicted molar refractivity (Wildman–Crippen MR) is 149 cm³/mol. The molecule has 2 N–H and O–H groups in total. The Morgan fingerprint density at radius 2 is 1.77 bits per heavy atom. The smallest absolute Gasteiger partial charge is 0.247 e. The van der Waals surface area contributed by atoms with Crippen LogP contribution in [0.2, 0.25) is 0 Å². The van der Waals surface area contributed by atoms with Gasteiger partial charge in [0.25, 0.3) is 0 Å². The molecule has 1 saturated heterocycles. The second-order valence-corrected chi connectivity index (χ2v) is 12.4. The highest BCUT2D eigenvalue weighted by atomic mass is 16.2. The van der Waals surface area contributed by atoms with Crippen molar-refractivity contribution in [2.75, 3.05) is 0 Å². The van der Waals surface area contributed by atoms with E-state index >= 15 is 0 Å². The summed E-state index contributed by atoms with van der Waals surface area (Å²) in [7, 11) is 1.81. The molecule has 1 fully saturated rings. The van der Waals surface area contributed by atoms with Crippen LogP contribution in [0.4, 0.5) is 0 Å². The van der Waals surface area contributed by atoms with E-state index in [0.29, 0.717) is 30.3 Å². The zero-order valence-corrected chi connectivity index (χ0v) is 23.6. The molecular formula is C30H38N6O3. The zero-order chi connectivity index (χ0) is 28.1. The van der Waals surface area contributed by atoms with Crippen molar-refractivity contribution in [1.82, 2.24) is 30.5 Å². The van der Waals surface area contributed by atoms with E-state index in [9.17, 15) is 14.4 Å². The van der Waals surface area contributed by atoms with Gasteiger partial charge >= 0.3 is 0 Å². The third kappa shape index (κ3) is 5.27. The van der Waals surface area contributed by atoms with Crippen molar-refractivity contribution >= 4 is 28.8 Å². The molecule has 0 saturated carbocycles. The molecule has 0 bridgehead atoms. The minimum absolute atomic E-state index is 0.0739. The highest BCUT2D eigenvalue weighted by molar-refractivity contribution is 6.00. The molecule has 2 aromatic carbocycles. The average molecular weight is 531 g/mol. The Kier molecular flexibility index (Phi) is 6.95. The number of nitrogens with zero attached hydrogens (tertiary/aromatic N) is 4. The first-order chi connectivity index (χ1) is 18.4. The fourth-order valence-corrected chi connectivity index (χ4v) is 5.98. The molecule has 0 spiro atoms. The number of carbonyl (C=O) groups excluding carboxylic acids is 3. The largest absolute Gasteiger partial charge is 0.349 e. The number of carbonyl (C=O) groups is 3. The van der Waals surface area contributed by atoms with E-state index in [-0.39, 0.29) is 29.6 Å². The summed E-state index contributed by atoms with van der Waals surface area (Å²) in [4.78, 5) is 43.7. The van der Waals surface area contributed by atoms with Gasteiger partial charge in [0.05, 0.1) is 5.52 Å². The monoisotopic (exact) mass is 530 g/mol. The van der Waals surface area contributed by atoms with E-state index in [4.69, 9.17) is 0 Å². The minimum atomic E-state index is -0.996. The van der Waals surface area contributed by atoms with Gasteiger partial charge in [0.15, 0.2) is 0 Å². The number of hydrogen-bond donors (Lipinski definition) is 2. The van der Waals surface area contributed by atoms with Gasteiger partial charge in [-0.15, -0.1) is 5.10 Å². The molecule has 3 amide bonds. The van der Waals surface area contributed by atoms with Crippen LogP contribution in [0.15, 0.2) is 42.5 Å². The maximum Gasteiger partial charge on any atom is 0.247 e. The second-order valence-electron chi connectivity index (χ2n) is 12.4. The highest BCUT2D eigenvalue weighted by Gasteiger charge is 2.49. The molecule has 9 nitrogen and oxygen atoms in total. The molecule has 1 aliphatic heterocycles. The lowest BCUT2D eigenvalue weighted by atomic mass is 9.87. The minimum Gasteiger partial charge on any atom is -0.349 e. The van der Waals surface area contributed by atoms with Crippen LogP contribution in [-0.2, 0) is 34.3 Å². The van der Waals surface area contributed by atoms with E-state index in [1.807, 2.05) is 65.0 Å². The lowest BCUT2D eigenvalue weighted by molar-refractivity contribution is -0.158. The fraction of sp³-hybridized carbons (Fsp3) is 0.500. The molecule has 3 aromatic rings. The molecule has 206 valence electrons. The highest BCUT2D eigenvalue weighted by Crippen LogP contribution is 2.36. The summed E-state index contributed by atoms with van der Waals surface area (Å²) in [6.45, 7) is 9.76. The Hall–Kier alpha value is -3.75. The number of rotatable bonds is 6. The van der Waals surface area contributed by atoms with Gasteiger partial charge in [0.2, 0.25) is 17.7 Å². The summed E-state index contributed by atoms with van der Waals surface area (Å²) in [5.41, 5.74) is 3.92. The van der Waals surface area contributed by atoms with Gasteiger partial charge in [-0.25, -0.2) is 4.68 Å². The summed E-state index contributed by atoms with van der Waals surface area (Å²) in [6, 6.07) is 11.2. The summed E-state index contributed by atoms with van der Waals surface area (Å²) < 4.78 is 1.66. The number of nitrogens with one attached hydrogen (secondary N) is 2. The number of amides is 3. The van der Waals surface area contributed by atoms with Crippen molar-refractivity contribution in [2.45, 2.75) is 77.5 Å². The molecule has 1 unspecified atom stereocenters. The van der Waals surface area contributed by atoms with Crippen LogP contribution >= 0.6 is 0 Å². The maximum atomic E-state index is 14.5. The number of aromatic nitrogens is 3. The molecular weight excluding hydrogens is 492 g/mol. The van der Waals surface area contributed by atoms with Crippen molar-refractivity contribution in [1.29, 1.82) is 0 Å². The third-order valence-corrected chi connectivity index (χ3v) is 7.68. The fourth-order valence-electron chi connectivity index (χ4n) is 5.98. The maximum absolute atomic E-state index is 14.5. The first-order valence-electron chi connectivity index (χ1n) is 13.7. The number of hydrogen-bond acceptors (Lipinski definition) is 5. The SMILES string of the molecule is CC(C)C[C@@H]1C(=O)NC(C2Cc3ccccc3C2)C(=O)N1[C@@H](C(=O)NC(C)(C)C)c1ccc2c(c1)nnn2C. The van der Waals surface area contributed by atoms with Crippen LogP contribution in [-0.4, -0.2) is 55.2 Å². The molecule has 1 aliphatic carbocycles. The van der Waals surface area contributed by atoms with Gasteiger partial charge in [0.1, 0.15) is 23.6 Å². The Bertz CT molecular complexity index is 1400. The first-order valence-corrected chi connectivity index (χ1v) is 13.7. The van der Waals surface area contributed by atoms with Gasteiger partial charge in [0, 0.05) is 12.6 Å². The van der Waals surface area contributed by atoms with Gasteiger partial charge in [-0.2, -0.15) is 0 Å². The molecule has 1 aromatic heterocycles. The molecule has 0 radical (unpaired) electrons. The van der Waals surface area contributed by atoms with Crippen LogP contribution in [0, 0.1) is 11.8 Å². The summed E-state index contributed by atoms with van der Waals surface area (Å²) in [5, 5.41) is 14.5. The Balaban J connectivity index is 1.59. The van der Waals surface area contributed by atoms with Crippen molar-refractivity contribution in [3.63, 3.8) is 0 Å². The van der Waals surface area contributed by atoms with Crippen molar-refractivity contribution in [3.05, 3.63) is 59.2 Å². The number of aryl methyl sites for hydroxylation is 1. The zero-order valence-electron chi connectivity index (χ0n) is 23.6. The van der Waals surface area contributed by atoms with E-state index in [2.05, 4.69) is 33.1 Å². The van der Waals surface area contributed by atoms with Crippen LogP contribution in [0.5, 0.6) is 0 Å². The lowest BCUT2D eigenvalue weighted by Gasteiger charge is -2.45. The summed E-state index contributed by atoms with van der Waals surface area (Å²) in [5.74, 6) is -0.687. The summed E-state index contributed by atoms with van der Waals surface area (Å²) >= 11 is 0. The van der Waals surface area contributed by atoms with E-state index in [1.54, 1.807) is 16.6 Å². The van der Waals surface area contributed by atoms with E-state index in [0.717, 1.165) is 5.52 Å². The van der Waals surface area contributed by atoms with Crippen LogP contribution < -0.4 is 10.6 Å². The number of piperazine rings is 1. The van der Waals surface area contributed by atoms with Gasteiger partial charge in [-0.3, -0.25) is 14.4 Å².